The molecule has 1 saturated carbocycles. The van der Waals surface area contributed by atoms with Gasteiger partial charge in [0, 0.05) is 15.6 Å². The highest BCUT2D eigenvalue weighted by molar-refractivity contribution is 6.39. The summed E-state index contributed by atoms with van der Waals surface area (Å²) < 4.78 is 0. The monoisotopic (exact) mass is 667 g/mol. The number of hydrogen-bond acceptors (Lipinski definition) is 4. The summed E-state index contributed by atoms with van der Waals surface area (Å²) in [5, 5.41) is 0.952. The highest BCUT2D eigenvalue weighted by atomic mass is 35.5. The molecular formula is C41H27Cl2NO4. The van der Waals surface area contributed by atoms with Crippen LogP contribution in [-0.2, 0) is 25.2 Å². The topological polar surface area (TPSA) is 71.5 Å². The lowest BCUT2D eigenvalue weighted by Gasteiger charge is -2.39. The smallest absolute Gasteiger partial charge is 0.239 e. The van der Waals surface area contributed by atoms with Gasteiger partial charge in [-0.15, -0.1) is 0 Å². The summed E-state index contributed by atoms with van der Waals surface area (Å²) in [6.45, 7) is 1.44. The van der Waals surface area contributed by atoms with Crippen LogP contribution in [0.1, 0.15) is 39.5 Å². The minimum absolute atomic E-state index is 0.193. The zero-order valence-electron chi connectivity index (χ0n) is 25.7. The van der Waals surface area contributed by atoms with E-state index >= 15 is 14.4 Å². The van der Waals surface area contributed by atoms with Crippen molar-refractivity contribution in [2.24, 2.45) is 11.8 Å². The molecule has 0 unspecified atom stereocenters. The number of benzene rings is 5. The number of halogens is 2. The van der Waals surface area contributed by atoms with Gasteiger partial charge in [0.25, 0.3) is 0 Å². The van der Waals surface area contributed by atoms with E-state index in [-0.39, 0.29) is 11.6 Å². The zero-order valence-corrected chi connectivity index (χ0v) is 27.2. The van der Waals surface area contributed by atoms with Crippen molar-refractivity contribution in [3.05, 3.63) is 171 Å². The average Bonchev–Trinajstić information content (AvgIpc) is 3.61. The first kappa shape index (κ1) is 30.2. The molecule has 1 aliphatic heterocycles. The number of Topliss-reactive ketones (excluding diaryl/α,β-unsaturated/α-hetero) is 2. The largest absolute Gasteiger partial charge is 0.297 e. The summed E-state index contributed by atoms with van der Waals surface area (Å²) in [7, 11) is 0. The molecule has 1 heterocycles. The number of carbonyl (C=O) groups is 4. The highest BCUT2D eigenvalue weighted by Crippen LogP contribution is 2.74. The predicted octanol–water partition coefficient (Wildman–Crippen LogP) is 8.38. The van der Waals surface area contributed by atoms with Gasteiger partial charge >= 0.3 is 0 Å². The molecule has 2 fully saturated rings. The molecule has 2 amide bonds. The SMILES string of the molecule is CC(=O)c1cccc(N2C(=O)[C@@H]3[C@@H](C2=O)[C@@]2(c4ccc(Cl)cc4)C(=O)[C@@]3(c3ccc(Cl)cc3)C(c3ccccc3)=C2c2ccccc2)c1. The summed E-state index contributed by atoms with van der Waals surface area (Å²) in [5.41, 5.74) is 1.58. The van der Waals surface area contributed by atoms with E-state index in [1.807, 2.05) is 60.7 Å². The Labute approximate surface area is 287 Å². The first-order chi connectivity index (χ1) is 23.2. The van der Waals surface area contributed by atoms with Crippen LogP contribution in [0.5, 0.6) is 0 Å². The molecule has 0 aromatic heterocycles. The van der Waals surface area contributed by atoms with Crippen LogP contribution in [0.3, 0.4) is 0 Å². The summed E-state index contributed by atoms with van der Waals surface area (Å²) in [5.74, 6) is -3.63. The molecular weight excluding hydrogens is 641 g/mol. The summed E-state index contributed by atoms with van der Waals surface area (Å²) in [6, 6.07) is 39.8. The first-order valence-electron chi connectivity index (χ1n) is 15.6. The van der Waals surface area contributed by atoms with Gasteiger partial charge in [-0.2, -0.15) is 0 Å². The predicted molar refractivity (Wildman–Crippen MR) is 187 cm³/mol. The van der Waals surface area contributed by atoms with Crippen LogP contribution in [0, 0.1) is 11.8 Å². The Kier molecular flexibility index (Phi) is 6.92. The van der Waals surface area contributed by atoms with Crippen LogP contribution in [0.4, 0.5) is 5.69 Å². The van der Waals surface area contributed by atoms with Crippen molar-refractivity contribution in [1.29, 1.82) is 0 Å². The average molecular weight is 669 g/mol. The van der Waals surface area contributed by atoms with Crippen molar-refractivity contribution in [1.82, 2.24) is 0 Å². The van der Waals surface area contributed by atoms with Crippen molar-refractivity contribution >= 4 is 63.4 Å². The van der Waals surface area contributed by atoms with Crippen molar-refractivity contribution < 1.29 is 19.2 Å². The number of imide groups is 1. The molecule has 2 aliphatic carbocycles. The van der Waals surface area contributed by atoms with Gasteiger partial charge in [-0.3, -0.25) is 19.2 Å². The fourth-order valence-corrected chi connectivity index (χ4v) is 8.73. The maximum atomic E-state index is 16.0. The Bertz CT molecular complexity index is 2070. The molecule has 7 heteroatoms. The van der Waals surface area contributed by atoms with Gasteiger partial charge in [-0.1, -0.05) is 120 Å². The number of rotatable bonds is 6. The van der Waals surface area contributed by atoms with Gasteiger partial charge in [0.15, 0.2) is 11.6 Å². The van der Waals surface area contributed by atoms with Gasteiger partial charge in [0.2, 0.25) is 11.8 Å². The molecule has 0 radical (unpaired) electrons. The number of carbonyl (C=O) groups excluding carboxylic acids is 4. The summed E-state index contributed by atoms with van der Waals surface area (Å²) in [4.78, 5) is 59.8. The summed E-state index contributed by atoms with van der Waals surface area (Å²) in [6.07, 6.45) is 0. The van der Waals surface area contributed by atoms with Gasteiger partial charge in [0.1, 0.15) is 0 Å². The van der Waals surface area contributed by atoms with Gasteiger partial charge < -0.3 is 0 Å². The molecule has 1 saturated heterocycles. The van der Waals surface area contributed by atoms with E-state index in [0.717, 1.165) is 11.1 Å². The van der Waals surface area contributed by atoms with E-state index in [2.05, 4.69) is 0 Å². The van der Waals surface area contributed by atoms with Crippen molar-refractivity contribution in [2.45, 2.75) is 17.8 Å². The molecule has 5 nitrogen and oxygen atoms in total. The van der Waals surface area contributed by atoms with Gasteiger partial charge in [-0.05, 0) is 76.7 Å². The zero-order chi connectivity index (χ0) is 33.4. The maximum absolute atomic E-state index is 16.0. The second kappa shape index (κ2) is 11.0. The normalized spacial score (nSPS) is 24.4. The minimum atomic E-state index is -1.57. The van der Waals surface area contributed by atoms with Crippen molar-refractivity contribution in [2.75, 3.05) is 4.90 Å². The van der Waals surface area contributed by atoms with E-state index < -0.39 is 34.5 Å². The molecule has 0 N–H and O–H groups in total. The Morgan fingerprint density at radius 3 is 1.44 bits per heavy atom. The molecule has 2 bridgehead atoms. The lowest BCUT2D eigenvalue weighted by molar-refractivity contribution is -0.130. The Hall–Kier alpha value is -5.10. The van der Waals surface area contributed by atoms with Gasteiger partial charge in [-0.25, -0.2) is 4.90 Å². The van der Waals surface area contributed by atoms with Crippen LogP contribution in [0.25, 0.3) is 11.1 Å². The lowest BCUT2D eigenvalue weighted by Crippen LogP contribution is -2.45. The van der Waals surface area contributed by atoms with Crippen molar-refractivity contribution in [3.8, 4) is 0 Å². The van der Waals surface area contributed by atoms with Crippen LogP contribution >= 0.6 is 23.2 Å². The number of ketones is 2. The number of amides is 2. The number of allylic oxidation sites excluding steroid dienone is 2. The van der Waals surface area contributed by atoms with Gasteiger partial charge in [0.05, 0.1) is 28.4 Å². The third-order valence-electron chi connectivity index (χ3n) is 10.2. The third-order valence-corrected chi connectivity index (χ3v) is 10.7. The second-order valence-electron chi connectivity index (χ2n) is 12.5. The molecule has 0 spiro atoms. The first-order valence-corrected chi connectivity index (χ1v) is 16.4. The molecule has 5 aromatic rings. The van der Waals surface area contributed by atoms with Crippen LogP contribution in [-0.4, -0.2) is 23.4 Å². The number of anilines is 1. The third kappa shape index (κ3) is 3.92. The van der Waals surface area contributed by atoms with E-state index in [0.29, 0.717) is 43.6 Å². The Balaban J connectivity index is 1.54. The molecule has 4 atom stereocenters. The molecule has 8 rings (SSSR count). The van der Waals surface area contributed by atoms with E-state index in [1.165, 1.54) is 11.8 Å². The molecule has 48 heavy (non-hydrogen) atoms. The lowest BCUT2D eigenvalue weighted by atomic mass is 9.59. The number of fused-ring (bicyclic) bond motifs is 5. The highest BCUT2D eigenvalue weighted by Gasteiger charge is 2.82. The quantitative estimate of drug-likeness (QED) is 0.135. The van der Waals surface area contributed by atoms with Crippen LogP contribution in [0.2, 0.25) is 10.0 Å². The number of hydrogen-bond donors (Lipinski definition) is 0. The Morgan fingerprint density at radius 2 is 1.02 bits per heavy atom. The maximum Gasteiger partial charge on any atom is 0.239 e. The fraction of sp³-hybridized carbons (Fsp3) is 0.122. The second-order valence-corrected chi connectivity index (χ2v) is 13.4. The Morgan fingerprint density at radius 1 is 0.583 bits per heavy atom. The van der Waals surface area contributed by atoms with E-state index in [4.69, 9.17) is 23.2 Å². The van der Waals surface area contributed by atoms with E-state index in [9.17, 15) is 4.79 Å². The molecule has 234 valence electrons. The molecule has 5 aromatic carbocycles. The summed E-state index contributed by atoms with van der Waals surface area (Å²) >= 11 is 12.8. The van der Waals surface area contributed by atoms with Crippen LogP contribution in [0.15, 0.2) is 133 Å². The molecule has 3 aliphatic rings. The number of nitrogens with zero attached hydrogens (tertiary/aromatic N) is 1. The van der Waals surface area contributed by atoms with E-state index in [1.54, 1.807) is 72.8 Å². The fourth-order valence-electron chi connectivity index (χ4n) is 8.48. The van der Waals surface area contributed by atoms with Crippen LogP contribution < -0.4 is 4.90 Å². The minimum Gasteiger partial charge on any atom is -0.297 e. The van der Waals surface area contributed by atoms with Crippen molar-refractivity contribution in [3.63, 3.8) is 0 Å². The standard InChI is InChI=1S/C41H27Cl2NO4/c1-24(45)27-13-8-14-32(23-27)44-37(46)35-36(38(44)47)41(29-17-21-31(43)22-18-29)34(26-11-6-3-7-12-26)33(25-9-4-2-5-10-25)40(35,39(41)48)28-15-19-30(42)20-16-28/h2-23,35-36H,1H3/t35-,36-,40-,41-/m0/s1.